The quantitative estimate of drug-likeness (QED) is 0.830. The molecule has 1 N–H and O–H groups in total. The zero-order valence-electron chi connectivity index (χ0n) is 13.1. The van der Waals surface area contributed by atoms with E-state index in [0.29, 0.717) is 0 Å². The van der Waals surface area contributed by atoms with Crippen molar-refractivity contribution in [3.63, 3.8) is 0 Å². The summed E-state index contributed by atoms with van der Waals surface area (Å²) in [4.78, 5) is 4.55. The molecule has 2 aromatic heterocycles. The van der Waals surface area contributed by atoms with Crippen LogP contribution in [0.5, 0.6) is 0 Å². The van der Waals surface area contributed by atoms with Gasteiger partial charge in [-0.05, 0) is 57.2 Å². The zero-order chi connectivity index (χ0) is 14.7. The Hall–Kier alpha value is -1.55. The molecule has 2 heterocycles. The molecule has 1 aliphatic carbocycles. The van der Waals surface area contributed by atoms with E-state index >= 15 is 0 Å². The van der Waals surface area contributed by atoms with Gasteiger partial charge in [-0.3, -0.25) is 0 Å². The van der Waals surface area contributed by atoms with Crippen LogP contribution in [-0.4, -0.2) is 16.1 Å². The Kier molecular flexibility index (Phi) is 4.44. The van der Waals surface area contributed by atoms with Gasteiger partial charge in [-0.25, -0.2) is 4.98 Å². The number of nitrogens with one attached hydrogen (secondary N) is 1. The first-order valence-corrected chi connectivity index (χ1v) is 8.09. The minimum atomic E-state index is 0.803. The topological polar surface area (TPSA) is 43.0 Å². The van der Waals surface area contributed by atoms with Crippen LogP contribution in [0, 0.1) is 6.92 Å². The number of aryl methyl sites for hydroxylation is 2. The molecule has 0 aliphatic heterocycles. The highest BCUT2D eigenvalue weighted by Gasteiger charge is 2.16. The molecule has 4 heteroatoms. The number of hydrogen-bond acceptors (Lipinski definition) is 3. The number of hydrogen-bond donors (Lipinski definition) is 1. The Morgan fingerprint density at radius 2 is 2.19 bits per heavy atom. The summed E-state index contributed by atoms with van der Waals surface area (Å²) in [6, 6.07) is 2.16. The fourth-order valence-corrected chi connectivity index (χ4v) is 3.06. The highest BCUT2D eigenvalue weighted by atomic mass is 16.3. The van der Waals surface area contributed by atoms with Gasteiger partial charge in [0.2, 0.25) is 0 Å². The van der Waals surface area contributed by atoms with Gasteiger partial charge in [0.15, 0.2) is 0 Å². The van der Waals surface area contributed by atoms with Crippen molar-refractivity contribution in [2.24, 2.45) is 0 Å². The molecule has 1 aliphatic rings. The van der Waals surface area contributed by atoms with E-state index in [1.807, 2.05) is 6.33 Å². The van der Waals surface area contributed by atoms with Crippen LogP contribution in [0.4, 0.5) is 0 Å². The zero-order valence-corrected chi connectivity index (χ0v) is 13.1. The average molecular weight is 287 g/mol. The number of rotatable bonds is 6. The largest absolute Gasteiger partial charge is 0.463 e. The predicted octanol–water partition coefficient (Wildman–Crippen LogP) is 3.21. The molecule has 0 unspecified atom stereocenters. The molecular formula is C17H25N3O. The summed E-state index contributed by atoms with van der Waals surface area (Å²) in [5, 5.41) is 3.40. The molecule has 4 nitrogen and oxygen atoms in total. The standard InChI is InChI=1S/C17H25N3O/c1-3-8-18-10-17-13(2)9-14(21-17)11-20-12-19-15-6-4-5-7-16(15)20/h9,12,18H,3-8,10-11H2,1-2H3. The fourth-order valence-electron chi connectivity index (χ4n) is 3.06. The summed E-state index contributed by atoms with van der Waals surface area (Å²) in [7, 11) is 0. The smallest absolute Gasteiger partial charge is 0.124 e. The second-order valence-electron chi connectivity index (χ2n) is 5.97. The SMILES string of the molecule is CCCNCc1oc(Cn2cnc3c2CCCC3)cc1C. The molecule has 0 radical (unpaired) electrons. The van der Waals surface area contributed by atoms with E-state index in [1.54, 1.807) is 0 Å². The monoisotopic (exact) mass is 287 g/mol. The Morgan fingerprint density at radius 1 is 1.33 bits per heavy atom. The van der Waals surface area contributed by atoms with Crippen molar-refractivity contribution >= 4 is 0 Å². The van der Waals surface area contributed by atoms with Crippen molar-refractivity contribution in [2.45, 2.75) is 59.0 Å². The molecule has 0 amide bonds. The molecule has 2 aromatic rings. The van der Waals surface area contributed by atoms with Crippen LogP contribution < -0.4 is 5.32 Å². The van der Waals surface area contributed by atoms with Gasteiger partial charge >= 0.3 is 0 Å². The first-order valence-electron chi connectivity index (χ1n) is 8.09. The van der Waals surface area contributed by atoms with Gasteiger partial charge in [0.25, 0.3) is 0 Å². The van der Waals surface area contributed by atoms with Crippen LogP contribution in [0.15, 0.2) is 16.8 Å². The maximum absolute atomic E-state index is 6.01. The number of fused-ring (bicyclic) bond motifs is 1. The summed E-state index contributed by atoms with van der Waals surface area (Å²) >= 11 is 0. The summed E-state index contributed by atoms with van der Waals surface area (Å²) in [5.41, 5.74) is 3.93. The molecule has 0 fully saturated rings. The van der Waals surface area contributed by atoms with Crippen LogP contribution in [0.25, 0.3) is 0 Å². The van der Waals surface area contributed by atoms with Crippen molar-refractivity contribution in [3.05, 3.63) is 40.9 Å². The van der Waals surface area contributed by atoms with Crippen LogP contribution in [-0.2, 0) is 25.9 Å². The summed E-state index contributed by atoms with van der Waals surface area (Å²) in [6.07, 6.45) is 7.96. The number of nitrogens with zero attached hydrogens (tertiary/aromatic N) is 2. The maximum atomic E-state index is 6.01. The van der Waals surface area contributed by atoms with Gasteiger partial charge in [0, 0.05) is 5.69 Å². The third-order valence-electron chi connectivity index (χ3n) is 4.22. The first kappa shape index (κ1) is 14.4. The normalized spacial score (nSPS) is 14.4. The van der Waals surface area contributed by atoms with Crippen LogP contribution in [0.2, 0.25) is 0 Å². The van der Waals surface area contributed by atoms with E-state index < -0.39 is 0 Å². The molecule has 0 aromatic carbocycles. The molecule has 114 valence electrons. The van der Waals surface area contributed by atoms with Crippen LogP contribution in [0.3, 0.4) is 0 Å². The lowest BCUT2D eigenvalue weighted by molar-refractivity contribution is 0.433. The molecule has 3 rings (SSSR count). The van der Waals surface area contributed by atoms with Crippen molar-refractivity contribution < 1.29 is 4.42 Å². The van der Waals surface area contributed by atoms with E-state index in [1.165, 1.54) is 29.8 Å². The maximum Gasteiger partial charge on any atom is 0.124 e. The summed E-state index contributed by atoms with van der Waals surface area (Å²) in [5.74, 6) is 2.10. The van der Waals surface area contributed by atoms with Crippen molar-refractivity contribution in [1.82, 2.24) is 14.9 Å². The Labute approximate surface area is 126 Å². The second kappa shape index (κ2) is 6.48. The molecular weight excluding hydrogens is 262 g/mol. The number of aromatic nitrogens is 2. The molecule has 21 heavy (non-hydrogen) atoms. The fraction of sp³-hybridized carbons (Fsp3) is 0.588. The molecule has 0 saturated heterocycles. The summed E-state index contributed by atoms with van der Waals surface area (Å²) < 4.78 is 8.27. The van der Waals surface area contributed by atoms with Gasteiger partial charge in [-0.15, -0.1) is 0 Å². The lowest BCUT2D eigenvalue weighted by atomic mass is 10.0. The number of furan rings is 1. The molecule has 0 spiro atoms. The lowest BCUT2D eigenvalue weighted by Gasteiger charge is -2.13. The minimum Gasteiger partial charge on any atom is -0.463 e. The van der Waals surface area contributed by atoms with E-state index in [2.05, 4.69) is 34.8 Å². The van der Waals surface area contributed by atoms with E-state index in [9.17, 15) is 0 Å². The van der Waals surface area contributed by atoms with Crippen LogP contribution >= 0.6 is 0 Å². The van der Waals surface area contributed by atoms with Crippen molar-refractivity contribution in [2.75, 3.05) is 6.54 Å². The van der Waals surface area contributed by atoms with E-state index in [-0.39, 0.29) is 0 Å². The summed E-state index contributed by atoms with van der Waals surface area (Å²) in [6.45, 7) is 6.96. The first-order chi connectivity index (χ1) is 10.3. The van der Waals surface area contributed by atoms with Gasteiger partial charge in [-0.1, -0.05) is 6.92 Å². The molecule has 0 atom stereocenters. The van der Waals surface area contributed by atoms with E-state index in [0.717, 1.165) is 50.4 Å². The predicted molar refractivity (Wildman–Crippen MR) is 83.4 cm³/mol. The molecule has 0 bridgehead atoms. The molecule has 0 saturated carbocycles. The number of imidazole rings is 1. The minimum absolute atomic E-state index is 0.803. The Morgan fingerprint density at radius 3 is 3.05 bits per heavy atom. The lowest BCUT2D eigenvalue weighted by Crippen LogP contribution is -2.13. The van der Waals surface area contributed by atoms with Gasteiger partial charge in [0.05, 0.1) is 25.1 Å². The van der Waals surface area contributed by atoms with Crippen molar-refractivity contribution in [1.29, 1.82) is 0 Å². The van der Waals surface area contributed by atoms with Gasteiger partial charge in [-0.2, -0.15) is 0 Å². The Bertz CT molecular complexity index is 597. The van der Waals surface area contributed by atoms with Crippen LogP contribution in [0.1, 0.15) is 54.7 Å². The Balaban J connectivity index is 1.70. The third-order valence-corrected chi connectivity index (χ3v) is 4.22. The van der Waals surface area contributed by atoms with E-state index in [4.69, 9.17) is 4.42 Å². The van der Waals surface area contributed by atoms with Gasteiger partial charge in [0.1, 0.15) is 11.5 Å². The highest BCUT2D eigenvalue weighted by molar-refractivity contribution is 5.22. The third kappa shape index (κ3) is 3.21. The highest BCUT2D eigenvalue weighted by Crippen LogP contribution is 2.22. The van der Waals surface area contributed by atoms with Crippen molar-refractivity contribution in [3.8, 4) is 0 Å². The van der Waals surface area contributed by atoms with Gasteiger partial charge < -0.3 is 14.3 Å². The average Bonchev–Trinajstić information content (AvgIpc) is 3.05. The second-order valence-corrected chi connectivity index (χ2v) is 5.97.